The van der Waals surface area contributed by atoms with Gasteiger partial charge in [0.05, 0.1) is 0 Å². The van der Waals surface area contributed by atoms with Gasteiger partial charge in [0.2, 0.25) is 0 Å². The summed E-state index contributed by atoms with van der Waals surface area (Å²) in [5.74, 6) is 1.56. The lowest BCUT2D eigenvalue weighted by molar-refractivity contribution is 0.0946. The van der Waals surface area contributed by atoms with E-state index in [0.29, 0.717) is 12.0 Å². The van der Waals surface area contributed by atoms with Gasteiger partial charge in [-0.05, 0) is 55.3 Å². The van der Waals surface area contributed by atoms with Crippen LogP contribution in [0.4, 0.5) is 0 Å². The summed E-state index contributed by atoms with van der Waals surface area (Å²) >= 11 is 0. The minimum Gasteiger partial charge on any atom is -0.352 e. The van der Waals surface area contributed by atoms with Crippen molar-refractivity contribution in [1.29, 1.82) is 0 Å². The third kappa shape index (κ3) is 2.39. The summed E-state index contributed by atoms with van der Waals surface area (Å²) in [7, 11) is 2.02. The SMILES string of the molecule is CNC(c1ccc2c(c1)C(=O)NCC2)C(C)C1CC1. The van der Waals surface area contributed by atoms with Gasteiger partial charge in [-0.2, -0.15) is 0 Å². The molecule has 19 heavy (non-hydrogen) atoms. The Kier molecular flexibility index (Phi) is 3.31. The predicted molar refractivity (Wildman–Crippen MR) is 76.2 cm³/mol. The Labute approximate surface area is 114 Å². The van der Waals surface area contributed by atoms with E-state index in [1.165, 1.54) is 24.0 Å². The summed E-state index contributed by atoms with van der Waals surface area (Å²) in [5, 5.41) is 6.36. The highest BCUT2D eigenvalue weighted by Crippen LogP contribution is 2.42. The molecule has 1 aliphatic heterocycles. The fourth-order valence-corrected chi connectivity index (χ4v) is 3.25. The highest BCUT2D eigenvalue weighted by atomic mass is 16.1. The van der Waals surface area contributed by atoms with Crippen LogP contribution in [0.3, 0.4) is 0 Å². The van der Waals surface area contributed by atoms with E-state index in [1.54, 1.807) is 0 Å². The van der Waals surface area contributed by atoms with Crippen LogP contribution in [0.1, 0.15) is 47.3 Å². The van der Waals surface area contributed by atoms with Crippen LogP contribution in [0, 0.1) is 11.8 Å². The largest absolute Gasteiger partial charge is 0.352 e. The average Bonchev–Trinajstić information content (AvgIpc) is 3.24. The van der Waals surface area contributed by atoms with Crippen molar-refractivity contribution in [1.82, 2.24) is 10.6 Å². The van der Waals surface area contributed by atoms with Gasteiger partial charge >= 0.3 is 0 Å². The van der Waals surface area contributed by atoms with Crippen LogP contribution in [-0.4, -0.2) is 19.5 Å². The molecule has 2 N–H and O–H groups in total. The molecule has 1 saturated carbocycles. The summed E-state index contributed by atoms with van der Waals surface area (Å²) in [4.78, 5) is 11.9. The lowest BCUT2D eigenvalue weighted by atomic mass is 9.88. The van der Waals surface area contributed by atoms with Crippen LogP contribution in [-0.2, 0) is 6.42 Å². The van der Waals surface area contributed by atoms with Gasteiger partial charge < -0.3 is 10.6 Å². The second kappa shape index (κ2) is 4.97. The highest BCUT2D eigenvalue weighted by Gasteiger charge is 2.33. The third-order valence-electron chi connectivity index (χ3n) is 4.62. The second-order valence-electron chi connectivity index (χ2n) is 5.89. The molecule has 3 nitrogen and oxygen atoms in total. The van der Waals surface area contributed by atoms with Crippen molar-refractivity contribution in [3.8, 4) is 0 Å². The normalized spacial score (nSPS) is 21.5. The van der Waals surface area contributed by atoms with E-state index in [2.05, 4.69) is 35.8 Å². The number of hydrogen-bond donors (Lipinski definition) is 2. The molecular weight excluding hydrogens is 236 g/mol. The molecule has 3 heteroatoms. The quantitative estimate of drug-likeness (QED) is 0.870. The first kappa shape index (κ1) is 12.7. The number of nitrogens with one attached hydrogen (secondary N) is 2. The zero-order valence-electron chi connectivity index (χ0n) is 11.7. The lowest BCUT2D eigenvalue weighted by Gasteiger charge is -2.26. The topological polar surface area (TPSA) is 41.1 Å². The smallest absolute Gasteiger partial charge is 0.251 e. The molecule has 0 aromatic heterocycles. The molecule has 3 rings (SSSR count). The van der Waals surface area contributed by atoms with Gasteiger partial charge in [0.15, 0.2) is 0 Å². The van der Waals surface area contributed by atoms with E-state index in [1.807, 2.05) is 7.05 Å². The minimum absolute atomic E-state index is 0.0806. The van der Waals surface area contributed by atoms with Crippen LogP contribution in [0.15, 0.2) is 18.2 Å². The van der Waals surface area contributed by atoms with Gasteiger partial charge in [-0.1, -0.05) is 19.1 Å². The molecular formula is C16H22N2O. The van der Waals surface area contributed by atoms with Crippen molar-refractivity contribution in [2.75, 3.05) is 13.6 Å². The lowest BCUT2D eigenvalue weighted by Crippen LogP contribution is -2.32. The first-order chi connectivity index (χ1) is 9.20. The number of hydrogen-bond acceptors (Lipinski definition) is 2. The molecule has 2 unspecified atom stereocenters. The van der Waals surface area contributed by atoms with E-state index >= 15 is 0 Å². The Morgan fingerprint density at radius 1 is 1.37 bits per heavy atom. The standard InChI is InChI=1S/C16H22N2O/c1-10(11-3-4-11)15(17-2)13-6-5-12-7-8-18-16(19)14(12)9-13/h5-6,9-11,15,17H,3-4,7-8H2,1-2H3,(H,18,19). The Hall–Kier alpha value is -1.35. The maximum atomic E-state index is 11.9. The van der Waals surface area contributed by atoms with Crippen molar-refractivity contribution in [2.24, 2.45) is 11.8 Å². The summed E-state index contributed by atoms with van der Waals surface area (Å²) in [5.41, 5.74) is 3.30. The Morgan fingerprint density at radius 3 is 2.84 bits per heavy atom. The van der Waals surface area contributed by atoms with Crippen LogP contribution < -0.4 is 10.6 Å². The molecule has 1 amide bonds. The molecule has 0 spiro atoms. The molecule has 0 bridgehead atoms. The van der Waals surface area contributed by atoms with Crippen LogP contribution in [0.2, 0.25) is 0 Å². The summed E-state index contributed by atoms with van der Waals surface area (Å²) in [6, 6.07) is 6.77. The molecule has 2 atom stereocenters. The van der Waals surface area contributed by atoms with Gasteiger partial charge in [0, 0.05) is 18.2 Å². The van der Waals surface area contributed by atoms with Crippen molar-refractivity contribution in [3.63, 3.8) is 0 Å². The van der Waals surface area contributed by atoms with Crippen LogP contribution >= 0.6 is 0 Å². The fraction of sp³-hybridized carbons (Fsp3) is 0.562. The Bertz CT molecular complexity index is 494. The predicted octanol–water partition coefficient (Wildman–Crippen LogP) is 2.28. The molecule has 0 saturated heterocycles. The van der Waals surface area contributed by atoms with E-state index in [4.69, 9.17) is 0 Å². The van der Waals surface area contributed by atoms with Crippen molar-refractivity contribution < 1.29 is 4.79 Å². The monoisotopic (exact) mass is 258 g/mol. The molecule has 102 valence electrons. The van der Waals surface area contributed by atoms with E-state index < -0.39 is 0 Å². The van der Waals surface area contributed by atoms with Gasteiger partial charge in [0.25, 0.3) is 5.91 Å². The maximum absolute atomic E-state index is 11.9. The Balaban J connectivity index is 1.91. The summed E-state index contributed by atoms with van der Waals surface area (Å²) in [6.45, 7) is 3.08. The number of rotatable bonds is 4. The van der Waals surface area contributed by atoms with Gasteiger partial charge in [-0.15, -0.1) is 0 Å². The molecule has 1 heterocycles. The molecule has 1 aromatic rings. The maximum Gasteiger partial charge on any atom is 0.251 e. The van der Waals surface area contributed by atoms with E-state index in [0.717, 1.165) is 24.4 Å². The zero-order chi connectivity index (χ0) is 13.4. The van der Waals surface area contributed by atoms with Crippen molar-refractivity contribution >= 4 is 5.91 Å². The first-order valence-electron chi connectivity index (χ1n) is 7.29. The van der Waals surface area contributed by atoms with Crippen LogP contribution in [0.5, 0.6) is 0 Å². The van der Waals surface area contributed by atoms with Crippen molar-refractivity contribution in [2.45, 2.75) is 32.2 Å². The zero-order valence-corrected chi connectivity index (χ0v) is 11.7. The molecule has 1 fully saturated rings. The van der Waals surface area contributed by atoms with E-state index in [-0.39, 0.29) is 5.91 Å². The number of amides is 1. The number of carbonyl (C=O) groups is 1. The molecule has 0 radical (unpaired) electrons. The van der Waals surface area contributed by atoms with Crippen LogP contribution in [0.25, 0.3) is 0 Å². The van der Waals surface area contributed by atoms with Gasteiger partial charge in [0.1, 0.15) is 0 Å². The second-order valence-corrected chi connectivity index (χ2v) is 5.89. The molecule has 1 aromatic carbocycles. The fourth-order valence-electron chi connectivity index (χ4n) is 3.25. The summed E-state index contributed by atoms with van der Waals surface area (Å²) < 4.78 is 0. The average molecular weight is 258 g/mol. The van der Waals surface area contributed by atoms with Gasteiger partial charge in [-0.3, -0.25) is 4.79 Å². The summed E-state index contributed by atoms with van der Waals surface area (Å²) in [6.07, 6.45) is 3.65. The van der Waals surface area contributed by atoms with Crippen molar-refractivity contribution in [3.05, 3.63) is 34.9 Å². The van der Waals surface area contributed by atoms with Gasteiger partial charge in [-0.25, -0.2) is 0 Å². The molecule has 2 aliphatic rings. The first-order valence-corrected chi connectivity index (χ1v) is 7.29. The highest BCUT2D eigenvalue weighted by molar-refractivity contribution is 5.96. The third-order valence-corrected chi connectivity index (χ3v) is 4.62. The minimum atomic E-state index is 0.0806. The number of fused-ring (bicyclic) bond motifs is 1. The Morgan fingerprint density at radius 2 is 2.16 bits per heavy atom. The number of benzene rings is 1. The number of carbonyl (C=O) groups excluding carboxylic acids is 1. The van der Waals surface area contributed by atoms with E-state index in [9.17, 15) is 4.79 Å². The molecule has 1 aliphatic carbocycles.